The van der Waals surface area contributed by atoms with Crippen molar-refractivity contribution >= 4 is 27.6 Å². The van der Waals surface area contributed by atoms with E-state index < -0.39 is 0 Å². The SMILES string of the molecule is C/C=C\C=C/c1cccc(-c2c3ccccc3c(-c3ccc(C)cc3)c3ccccc23)c1.C=C(C)/C(C)=C/C=C\C.Cc1ccccc1C. The first-order valence-corrected chi connectivity index (χ1v) is 17.1. The molecule has 6 aromatic carbocycles. The molecule has 0 radical (unpaired) electrons. The molecule has 0 aliphatic rings. The predicted octanol–water partition coefficient (Wildman–Crippen LogP) is 14.6. The van der Waals surface area contributed by atoms with Gasteiger partial charge in [0.2, 0.25) is 0 Å². The van der Waals surface area contributed by atoms with E-state index in [-0.39, 0.29) is 0 Å². The van der Waals surface area contributed by atoms with Gasteiger partial charge in [0.1, 0.15) is 0 Å². The minimum Gasteiger partial charge on any atom is -0.0958 e. The predicted molar refractivity (Wildman–Crippen MR) is 220 cm³/mol. The highest BCUT2D eigenvalue weighted by Crippen LogP contribution is 2.43. The van der Waals surface area contributed by atoms with E-state index in [0.29, 0.717) is 0 Å². The number of hydrogen-bond acceptors (Lipinski definition) is 0. The van der Waals surface area contributed by atoms with E-state index in [1.165, 1.54) is 71.6 Å². The van der Waals surface area contributed by atoms with Crippen molar-refractivity contribution in [2.45, 2.75) is 48.5 Å². The first-order valence-electron chi connectivity index (χ1n) is 17.1. The quantitative estimate of drug-likeness (QED) is 0.126. The minimum absolute atomic E-state index is 1.13. The van der Waals surface area contributed by atoms with Crippen LogP contribution in [0.4, 0.5) is 0 Å². The van der Waals surface area contributed by atoms with Crippen LogP contribution in [0.3, 0.4) is 0 Å². The first kappa shape index (κ1) is 36.4. The summed E-state index contributed by atoms with van der Waals surface area (Å²) in [6.07, 6.45) is 14.4. The van der Waals surface area contributed by atoms with Crippen molar-refractivity contribution in [1.29, 1.82) is 0 Å². The number of allylic oxidation sites excluding steroid dienone is 8. The normalized spacial score (nSPS) is 11.5. The molecule has 0 bridgehead atoms. The summed E-state index contributed by atoms with van der Waals surface area (Å²) in [6.45, 7) is 18.3. The second kappa shape index (κ2) is 18.2. The van der Waals surface area contributed by atoms with Crippen LogP contribution in [0.5, 0.6) is 0 Å². The van der Waals surface area contributed by atoms with Gasteiger partial charge < -0.3 is 0 Å². The van der Waals surface area contributed by atoms with Crippen LogP contribution in [-0.2, 0) is 0 Å². The van der Waals surface area contributed by atoms with Crippen LogP contribution in [0.2, 0.25) is 0 Å². The summed E-state index contributed by atoms with van der Waals surface area (Å²) in [5.41, 5.74) is 12.7. The molecule has 0 N–H and O–H groups in total. The van der Waals surface area contributed by atoms with Gasteiger partial charge >= 0.3 is 0 Å². The summed E-state index contributed by atoms with van der Waals surface area (Å²) in [4.78, 5) is 0. The van der Waals surface area contributed by atoms with Crippen molar-refractivity contribution in [1.82, 2.24) is 0 Å². The van der Waals surface area contributed by atoms with Crippen molar-refractivity contribution < 1.29 is 0 Å². The number of aryl methyl sites for hydroxylation is 3. The first-order chi connectivity index (χ1) is 23.7. The van der Waals surface area contributed by atoms with Gasteiger partial charge in [0.15, 0.2) is 0 Å². The molecular formula is C49H50. The molecule has 0 atom stereocenters. The molecule has 246 valence electrons. The second-order valence-electron chi connectivity index (χ2n) is 12.5. The summed E-state index contributed by atoms with van der Waals surface area (Å²) in [7, 11) is 0. The molecule has 0 spiro atoms. The zero-order valence-corrected chi connectivity index (χ0v) is 30.3. The van der Waals surface area contributed by atoms with Crippen molar-refractivity contribution in [3.8, 4) is 22.3 Å². The van der Waals surface area contributed by atoms with Crippen molar-refractivity contribution in [3.63, 3.8) is 0 Å². The standard InChI is InChI=1S/C32H26.C9H14.C8H10/c1-3-4-5-11-24-12-10-13-26(22-24)32-29-16-8-6-14-27(29)31(25-20-18-23(2)19-21-25)28-15-7-9-17-30(28)32;1-5-6-7-9(4)8(2)3;1-7-5-3-4-6-8(7)2/h3-22H,1-2H3;5-7H,2H2,1,3-4H3;3-6H,1-2H3/b4-3-,11-5-;6-5-,9-7+;. The molecular weight excluding hydrogens is 589 g/mol. The Balaban J connectivity index is 0.000000261. The summed E-state index contributed by atoms with van der Waals surface area (Å²) >= 11 is 0. The lowest BCUT2D eigenvalue weighted by atomic mass is 9.85. The van der Waals surface area contributed by atoms with Crippen LogP contribution >= 0.6 is 0 Å². The van der Waals surface area contributed by atoms with Gasteiger partial charge in [0, 0.05) is 0 Å². The second-order valence-corrected chi connectivity index (χ2v) is 12.5. The van der Waals surface area contributed by atoms with E-state index in [1.807, 2.05) is 39.0 Å². The number of hydrogen-bond donors (Lipinski definition) is 0. The molecule has 0 unspecified atom stereocenters. The highest BCUT2D eigenvalue weighted by molar-refractivity contribution is 6.21. The van der Waals surface area contributed by atoms with E-state index in [0.717, 1.165) is 5.57 Å². The van der Waals surface area contributed by atoms with Gasteiger partial charge in [0.25, 0.3) is 0 Å². The van der Waals surface area contributed by atoms with Gasteiger partial charge in [-0.25, -0.2) is 0 Å². The van der Waals surface area contributed by atoms with E-state index in [2.05, 4.69) is 180 Å². The maximum absolute atomic E-state index is 3.81. The van der Waals surface area contributed by atoms with E-state index in [4.69, 9.17) is 0 Å². The fraction of sp³-hybridized carbons (Fsp3) is 0.143. The molecule has 6 rings (SSSR count). The molecule has 6 aromatic rings. The van der Waals surface area contributed by atoms with E-state index in [9.17, 15) is 0 Å². The van der Waals surface area contributed by atoms with Crippen molar-refractivity contribution in [2.75, 3.05) is 0 Å². The largest absolute Gasteiger partial charge is 0.0958 e. The third-order valence-electron chi connectivity index (χ3n) is 8.68. The molecule has 0 aromatic heterocycles. The molecule has 0 heterocycles. The van der Waals surface area contributed by atoms with Crippen LogP contribution in [0.15, 0.2) is 176 Å². The average molecular weight is 639 g/mol. The van der Waals surface area contributed by atoms with Crippen molar-refractivity contribution in [3.05, 3.63) is 198 Å². The van der Waals surface area contributed by atoms with Crippen LogP contribution in [-0.4, -0.2) is 0 Å². The lowest BCUT2D eigenvalue weighted by molar-refractivity contribution is 1.34. The molecule has 0 saturated heterocycles. The average Bonchev–Trinajstić information content (AvgIpc) is 3.12. The number of fused-ring (bicyclic) bond motifs is 2. The molecule has 0 nitrogen and oxygen atoms in total. The Hall–Kier alpha value is -5.46. The van der Waals surface area contributed by atoms with Gasteiger partial charge in [0.05, 0.1) is 0 Å². The summed E-state index contributed by atoms with van der Waals surface area (Å²) in [5.74, 6) is 0. The van der Waals surface area contributed by atoms with Gasteiger partial charge in [-0.15, -0.1) is 0 Å². The molecule has 0 saturated carbocycles. The Labute approximate surface area is 295 Å². The van der Waals surface area contributed by atoms with Gasteiger partial charge in [-0.05, 0) is 121 Å². The number of benzene rings is 6. The molecule has 0 fully saturated rings. The molecule has 0 amide bonds. The fourth-order valence-electron chi connectivity index (χ4n) is 5.59. The smallest absolute Gasteiger partial charge is 0.00262 e. The lowest BCUT2D eigenvalue weighted by Crippen LogP contribution is -1.91. The lowest BCUT2D eigenvalue weighted by Gasteiger charge is -2.18. The zero-order valence-electron chi connectivity index (χ0n) is 30.3. The summed E-state index contributed by atoms with van der Waals surface area (Å²) in [6, 6.07) is 43.7. The summed E-state index contributed by atoms with van der Waals surface area (Å²) in [5, 5.41) is 5.16. The Kier molecular flexibility index (Phi) is 13.5. The molecule has 0 aliphatic carbocycles. The molecule has 0 heteroatoms. The maximum Gasteiger partial charge on any atom is -0.00262 e. The van der Waals surface area contributed by atoms with Crippen LogP contribution in [0.1, 0.15) is 49.9 Å². The monoisotopic (exact) mass is 638 g/mol. The summed E-state index contributed by atoms with van der Waals surface area (Å²) < 4.78 is 0. The molecule has 0 aliphatic heterocycles. The van der Waals surface area contributed by atoms with E-state index >= 15 is 0 Å². The van der Waals surface area contributed by atoms with Crippen LogP contribution in [0.25, 0.3) is 49.9 Å². The Morgan fingerprint density at radius 3 is 1.47 bits per heavy atom. The van der Waals surface area contributed by atoms with Gasteiger partial charge in [-0.2, -0.15) is 0 Å². The fourth-order valence-corrected chi connectivity index (χ4v) is 5.59. The van der Waals surface area contributed by atoms with Crippen molar-refractivity contribution in [2.24, 2.45) is 0 Å². The van der Waals surface area contributed by atoms with Gasteiger partial charge in [-0.1, -0.05) is 176 Å². The Bertz CT molecular complexity index is 2050. The Morgan fingerprint density at radius 1 is 0.510 bits per heavy atom. The highest BCUT2D eigenvalue weighted by Gasteiger charge is 2.16. The number of rotatable bonds is 6. The highest BCUT2D eigenvalue weighted by atomic mass is 14.2. The van der Waals surface area contributed by atoms with E-state index in [1.54, 1.807) is 0 Å². The van der Waals surface area contributed by atoms with Crippen LogP contribution < -0.4 is 0 Å². The Morgan fingerprint density at radius 2 is 1.00 bits per heavy atom. The minimum atomic E-state index is 1.13. The maximum atomic E-state index is 3.81. The molecule has 49 heavy (non-hydrogen) atoms. The third kappa shape index (κ3) is 9.78. The van der Waals surface area contributed by atoms with Crippen LogP contribution in [0, 0.1) is 20.8 Å². The zero-order chi connectivity index (χ0) is 35.2. The van der Waals surface area contributed by atoms with Gasteiger partial charge in [-0.3, -0.25) is 0 Å². The third-order valence-corrected chi connectivity index (χ3v) is 8.68. The topological polar surface area (TPSA) is 0 Å².